The summed E-state index contributed by atoms with van der Waals surface area (Å²) in [6, 6.07) is 12.7. The van der Waals surface area contributed by atoms with Gasteiger partial charge in [-0.2, -0.15) is 0 Å². The van der Waals surface area contributed by atoms with Crippen LogP contribution in [-0.2, 0) is 30.4 Å². The second-order valence-electron chi connectivity index (χ2n) is 12.1. The zero-order valence-corrected chi connectivity index (χ0v) is 25.5. The number of benzene rings is 2. The molecule has 2 aromatic rings. The highest BCUT2D eigenvalue weighted by molar-refractivity contribution is 6.38. The van der Waals surface area contributed by atoms with Gasteiger partial charge in [0.2, 0.25) is 23.5 Å². The minimum Gasteiger partial charge on any atom is -0.344 e. The lowest BCUT2D eigenvalue weighted by atomic mass is 9.85. The van der Waals surface area contributed by atoms with E-state index in [0.717, 1.165) is 11.3 Å². The molecule has 5 amide bonds. The molecule has 1 heterocycles. The van der Waals surface area contributed by atoms with Gasteiger partial charge in [0.1, 0.15) is 12.1 Å². The highest BCUT2D eigenvalue weighted by Crippen LogP contribution is 2.27. The molecule has 4 N–H and O–H groups in total. The molecule has 0 bridgehead atoms. The Morgan fingerprint density at radius 2 is 1.44 bits per heavy atom. The number of amides is 5. The van der Waals surface area contributed by atoms with Gasteiger partial charge >= 0.3 is 0 Å². The molecule has 11 nitrogen and oxygen atoms in total. The number of nitrogens with one attached hydrogen (secondary N) is 4. The van der Waals surface area contributed by atoms with Crippen LogP contribution in [0.15, 0.2) is 54.6 Å². The number of carbonyl (C=O) groups excluding carboxylic acids is 6. The van der Waals surface area contributed by atoms with Crippen molar-refractivity contribution in [3.05, 3.63) is 65.7 Å². The SMILES string of the molecule is CC(NC(=O)C(NC(=O)c1ccccc1)C(C)(C)C)C(=O)NC(C(=O)C(=O)NCC(=O)N1CCc2ccccc21)C(C)C. The quantitative estimate of drug-likeness (QED) is 0.292. The van der Waals surface area contributed by atoms with E-state index in [-0.39, 0.29) is 12.5 Å². The number of para-hydroxylation sites is 1. The number of nitrogens with zero attached hydrogens (tertiary/aromatic N) is 1. The van der Waals surface area contributed by atoms with Crippen molar-refractivity contribution in [1.29, 1.82) is 0 Å². The standard InChI is InChI=1S/C32H41N5O6/c1-19(2)25(26(39)30(42)33-18-24(38)37-17-16-21-12-10-11-15-23(21)37)35-28(40)20(3)34-31(43)27(32(4,5)6)36-29(41)22-13-8-7-9-14-22/h7-15,19-20,25,27H,16-18H2,1-6H3,(H,33,42)(H,34,43)(H,35,40)(H,36,41). The molecule has 0 radical (unpaired) electrons. The third-order valence-electron chi connectivity index (χ3n) is 7.25. The number of ketones is 1. The Bertz CT molecular complexity index is 1370. The van der Waals surface area contributed by atoms with E-state index in [2.05, 4.69) is 21.3 Å². The van der Waals surface area contributed by atoms with Crippen molar-refractivity contribution in [1.82, 2.24) is 21.3 Å². The van der Waals surface area contributed by atoms with Gasteiger partial charge in [-0.05, 0) is 48.4 Å². The lowest BCUT2D eigenvalue weighted by Crippen LogP contribution is -2.59. The second kappa shape index (κ2) is 14.1. The zero-order valence-electron chi connectivity index (χ0n) is 25.5. The Balaban J connectivity index is 1.58. The van der Waals surface area contributed by atoms with Crippen LogP contribution in [0.1, 0.15) is 57.5 Å². The molecule has 0 fully saturated rings. The van der Waals surface area contributed by atoms with Gasteiger partial charge in [-0.15, -0.1) is 0 Å². The van der Waals surface area contributed by atoms with Crippen LogP contribution >= 0.6 is 0 Å². The minimum absolute atomic E-state index is 0.347. The van der Waals surface area contributed by atoms with Gasteiger partial charge < -0.3 is 26.2 Å². The van der Waals surface area contributed by atoms with Crippen LogP contribution in [0, 0.1) is 11.3 Å². The molecule has 230 valence electrons. The first kappa shape index (κ1) is 33.0. The molecule has 43 heavy (non-hydrogen) atoms. The summed E-state index contributed by atoms with van der Waals surface area (Å²) in [5.74, 6) is -4.39. The first-order chi connectivity index (χ1) is 20.2. The number of Topliss-reactive ketones (excluding diaryl/α,β-unsaturated/α-hetero) is 1. The normalized spacial score (nSPS) is 14.6. The topological polar surface area (TPSA) is 154 Å². The summed E-state index contributed by atoms with van der Waals surface area (Å²) >= 11 is 0. The number of fused-ring (bicyclic) bond motifs is 1. The van der Waals surface area contributed by atoms with E-state index in [1.165, 1.54) is 6.92 Å². The van der Waals surface area contributed by atoms with Gasteiger partial charge in [-0.3, -0.25) is 28.8 Å². The van der Waals surface area contributed by atoms with Crippen LogP contribution < -0.4 is 26.2 Å². The molecule has 1 aliphatic rings. The molecule has 3 rings (SSSR count). The number of hydrogen-bond donors (Lipinski definition) is 4. The van der Waals surface area contributed by atoms with E-state index < -0.39 is 58.9 Å². The maximum Gasteiger partial charge on any atom is 0.290 e. The molecule has 3 atom stereocenters. The Hall–Kier alpha value is -4.54. The third-order valence-corrected chi connectivity index (χ3v) is 7.25. The fourth-order valence-corrected chi connectivity index (χ4v) is 4.73. The van der Waals surface area contributed by atoms with Gasteiger partial charge in [0.15, 0.2) is 0 Å². The van der Waals surface area contributed by atoms with Gasteiger partial charge in [-0.1, -0.05) is 71.0 Å². The van der Waals surface area contributed by atoms with Crippen molar-refractivity contribution in [3.8, 4) is 0 Å². The van der Waals surface area contributed by atoms with E-state index >= 15 is 0 Å². The smallest absolute Gasteiger partial charge is 0.290 e. The van der Waals surface area contributed by atoms with Gasteiger partial charge in [0.25, 0.3) is 11.8 Å². The average Bonchev–Trinajstić information content (AvgIpc) is 3.40. The average molecular weight is 592 g/mol. The maximum absolute atomic E-state index is 13.2. The Morgan fingerprint density at radius 3 is 2.07 bits per heavy atom. The third kappa shape index (κ3) is 8.50. The van der Waals surface area contributed by atoms with Gasteiger partial charge in [-0.25, -0.2) is 0 Å². The second-order valence-corrected chi connectivity index (χ2v) is 12.1. The largest absolute Gasteiger partial charge is 0.344 e. The Kier molecular flexibility index (Phi) is 10.8. The first-order valence-corrected chi connectivity index (χ1v) is 14.4. The van der Waals surface area contributed by atoms with Crippen LogP contribution in [0.3, 0.4) is 0 Å². The predicted molar refractivity (Wildman–Crippen MR) is 162 cm³/mol. The van der Waals surface area contributed by atoms with E-state index in [4.69, 9.17) is 0 Å². The molecular formula is C32H41N5O6. The molecule has 0 saturated heterocycles. The van der Waals surface area contributed by atoms with Crippen LogP contribution in [0.25, 0.3) is 0 Å². The molecular weight excluding hydrogens is 550 g/mol. The summed E-state index contributed by atoms with van der Waals surface area (Å²) in [6.07, 6.45) is 0.709. The molecule has 0 saturated carbocycles. The van der Waals surface area contributed by atoms with Crippen LogP contribution in [0.5, 0.6) is 0 Å². The van der Waals surface area contributed by atoms with Gasteiger partial charge in [0, 0.05) is 17.8 Å². The summed E-state index contributed by atoms with van der Waals surface area (Å²) in [5, 5.41) is 10.3. The lowest BCUT2D eigenvalue weighted by molar-refractivity contribution is -0.141. The number of hydrogen-bond acceptors (Lipinski definition) is 6. The fraction of sp³-hybridized carbons (Fsp3) is 0.438. The summed E-state index contributed by atoms with van der Waals surface area (Å²) in [6.45, 7) is 10.3. The van der Waals surface area contributed by atoms with E-state index in [1.54, 1.807) is 69.9 Å². The highest BCUT2D eigenvalue weighted by atomic mass is 16.2. The molecule has 2 aromatic carbocycles. The molecule has 11 heteroatoms. The van der Waals surface area contributed by atoms with Crippen LogP contribution in [0.4, 0.5) is 5.69 Å². The molecule has 1 aliphatic heterocycles. The zero-order chi connectivity index (χ0) is 31.9. The van der Waals surface area contributed by atoms with Crippen molar-refractivity contribution in [2.24, 2.45) is 11.3 Å². The number of carbonyl (C=O) groups is 6. The van der Waals surface area contributed by atoms with Gasteiger partial charge in [0.05, 0.1) is 12.6 Å². The van der Waals surface area contributed by atoms with Crippen molar-refractivity contribution < 1.29 is 28.8 Å². The van der Waals surface area contributed by atoms with Crippen molar-refractivity contribution >= 4 is 41.0 Å². The molecule has 0 aliphatic carbocycles. The molecule has 0 spiro atoms. The van der Waals surface area contributed by atoms with Crippen LogP contribution in [0.2, 0.25) is 0 Å². The van der Waals surface area contributed by atoms with Crippen LogP contribution in [-0.4, -0.2) is 66.5 Å². The molecule has 3 unspecified atom stereocenters. The minimum atomic E-state index is -1.19. The van der Waals surface area contributed by atoms with E-state index in [0.29, 0.717) is 18.5 Å². The maximum atomic E-state index is 13.2. The Labute approximate surface area is 252 Å². The summed E-state index contributed by atoms with van der Waals surface area (Å²) in [7, 11) is 0. The fourth-order valence-electron chi connectivity index (χ4n) is 4.73. The summed E-state index contributed by atoms with van der Waals surface area (Å²) in [5.41, 5.74) is 1.52. The lowest BCUT2D eigenvalue weighted by Gasteiger charge is -2.31. The predicted octanol–water partition coefficient (Wildman–Crippen LogP) is 1.75. The first-order valence-electron chi connectivity index (χ1n) is 14.4. The highest BCUT2D eigenvalue weighted by Gasteiger charge is 2.36. The van der Waals surface area contributed by atoms with E-state index in [9.17, 15) is 28.8 Å². The Morgan fingerprint density at radius 1 is 0.814 bits per heavy atom. The number of anilines is 1. The monoisotopic (exact) mass is 591 g/mol. The summed E-state index contributed by atoms with van der Waals surface area (Å²) < 4.78 is 0. The summed E-state index contributed by atoms with van der Waals surface area (Å²) in [4.78, 5) is 79.0. The van der Waals surface area contributed by atoms with Crippen molar-refractivity contribution in [2.45, 2.75) is 66.1 Å². The van der Waals surface area contributed by atoms with E-state index in [1.807, 2.05) is 24.3 Å². The van der Waals surface area contributed by atoms with Crippen molar-refractivity contribution in [2.75, 3.05) is 18.0 Å². The molecule has 0 aromatic heterocycles. The van der Waals surface area contributed by atoms with Crippen molar-refractivity contribution in [3.63, 3.8) is 0 Å². The number of rotatable bonds is 11.